The summed E-state index contributed by atoms with van der Waals surface area (Å²) in [5.41, 5.74) is 5.68. The van der Waals surface area contributed by atoms with Gasteiger partial charge in [0.25, 0.3) is 0 Å². The van der Waals surface area contributed by atoms with Gasteiger partial charge in [0.1, 0.15) is 12.4 Å². The number of hydrogen-bond donors (Lipinski definition) is 2. The van der Waals surface area contributed by atoms with Crippen molar-refractivity contribution in [1.29, 1.82) is 0 Å². The second kappa shape index (κ2) is 5.25. The number of aromatic nitrogens is 2. The molecular formula is C9H16N4O4S. The van der Waals surface area contributed by atoms with Crippen molar-refractivity contribution in [3.05, 3.63) is 0 Å². The van der Waals surface area contributed by atoms with Gasteiger partial charge in [0.05, 0.1) is 6.61 Å². The summed E-state index contributed by atoms with van der Waals surface area (Å²) < 4.78 is 29.0. The summed E-state index contributed by atoms with van der Waals surface area (Å²) in [4.78, 5) is 11.2. The molecule has 0 bridgehead atoms. The largest absolute Gasteiger partial charge is 0.465 e. The monoisotopic (exact) mass is 276 g/mol. The van der Waals surface area contributed by atoms with Gasteiger partial charge in [-0.05, 0) is 6.92 Å². The summed E-state index contributed by atoms with van der Waals surface area (Å²) in [7, 11) is -2.01. The Balaban J connectivity index is 3.17. The highest BCUT2D eigenvalue weighted by molar-refractivity contribution is 7.91. The summed E-state index contributed by atoms with van der Waals surface area (Å²) in [6.07, 6.45) is 1.02. The molecule has 0 radical (unpaired) electrons. The average molecular weight is 276 g/mol. The minimum Gasteiger partial charge on any atom is -0.465 e. The first-order chi connectivity index (χ1) is 8.31. The van der Waals surface area contributed by atoms with E-state index in [9.17, 15) is 13.2 Å². The van der Waals surface area contributed by atoms with Crippen LogP contribution < -0.4 is 11.1 Å². The van der Waals surface area contributed by atoms with Gasteiger partial charge in [-0.15, -0.1) is 0 Å². The lowest BCUT2D eigenvalue weighted by atomic mass is 10.5. The van der Waals surface area contributed by atoms with E-state index in [1.807, 2.05) is 0 Å². The Morgan fingerprint density at radius 1 is 1.56 bits per heavy atom. The molecule has 0 aliphatic heterocycles. The molecule has 1 aromatic rings. The lowest BCUT2D eigenvalue weighted by Gasteiger charge is -2.03. The van der Waals surface area contributed by atoms with Crippen LogP contribution >= 0.6 is 0 Å². The molecular weight excluding hydrogens is 260 g/mol. The van der Waals surface area contributed by atoms with Gasteiger partial charge >= 0.3 is 5.97 Å². The Hall–Kier alpha value is -1.77. The number of esters is 1. The minimum absolute atomic E-state index is 0.0881. The van der Waals surface area contributed by atoms with Gasteiger partial charge in [0.15, 0.2) is 20.6 Å². The zero-order valence-electron chi connectivity index (χ0n) is 10.4. The topological polar surface area (TPSA) is 116 Å². The smallest absolute Gasteiger partial charge is 0.327 e. The molecule has 8 nitrogen and oxygen atoms in total. The van der Waals surface area contributed by atoms with Gasteiger partial charge in [-0.2, -0.15) is 5.10 Å². The summed E-state index contributed by atoms with van der Waals surface area (Å²) in [6.45, 7) is 1.67. The van der Waals surface area contributed by atoms with Crippen LogP contribution in [0, 0.1) is 0 Å². The van der Waals surface area contributed by atoms with E-state index < -0.39 is 15.8 Å². The minimum atomic E-state index is -3.53. The number of anilines is 2. The molecule has 102 valence electrons. The van der Waals surface area contributed by atoms with E-state index in [0.29, 0.717) is 0 Å². The number of ether oxygens (including phenoxy) is 1. The molecule has 0 atom stereocenters. The van der Waals surface area contributed by atoms with Crippen LogP contribution in [0.25, 0.3) is 0 Å². The summed E-state index contributed by atoms with van der Waals surface area (Å²) in [5, 5.41) is 6.54. The van der Waals surface area contributed by atoms with Crippen molar-refractivity contribution in [2.24, 2.45) is 0 Å². The zero-order chi connectivity index (χ0) is 13.9. The highest BCUT2D eigenvalue weighted by Gasteiger charge is 2.24. The van der Waals surface area contributed by atoms with Crippen LogP contribution in [0.5, 0.6) is 0 Å². The van der Waals surface area contributed by atoms with Crippen LogP contribution in [0.15, 0.2) is 4.90 Å². The highest BCUT2D eigenvalue weighted by Crippen LogP contribution is 2.26. The fourth-order valence-electron chi connectivity index (χ4n) is 1.44. The molecule has 0 aliphatic carbocycles. The van der Waals surface area contributed by atoms with E-state index in [-0.39, 0.29) is 29.7 Å². The summed E-state index contributed by atoms with van der Waals surface area (Å²) in [5.74, 6) is -0.511. The van der Waals surface area contributed by atoms with Crippen LogP contribution in [0.2, 0.25) is 0 Å². The van der Waals surface area contributed by atoms with Crippen molar-refractivity contribution in [2.45, 2.75) is 18.4 Å². The van der Waals surface area contributed by atoms with Crippen molar-refractivity contribution in [3.63, 3.8) is 0 Å². The maximum absolute atomic E-state index is 11.6. The molecule has 0 saturated carbocycles. The van der Waals surface area contributed by atoms with Crippen LogP contribution in [-0.2, 0) is 25.9 Å². The fourth-order valence-corrected chi connectivity index (χ4v) is 2.42. The number of rotatable bonds is 5. The molecule has 1 rings (SSSR count). The van der Waals surface area contributed by atoms with E-state index in [0.717, 1.165) is 10.9 Å². The summed E-state index contributed by atoms with van der Waals surface area (Å²) >= 11 is 0. The standard InChI is InChI=1S/C9H16N4O4S/c1-4-17-6(14)5-13-8(10)7(18(3,15)16)9(11-2)12-13/h4-5,10H2,1-3H3,(H,11,12). The molecule has 0 fully saturated rings. The van der Waals surface area contributed by atoms with E-state index in [4.69, 9.17) is 10.5 Å². The second-order valence-electron chi connectivity index (χ2n) is 3.55. The molecule has 0 amide bonds. The van der Waals surface area contributed by atoms with Gasteiger partial charge in [0.2, 0.25) is 0 Å². The lowest BCUT2D eigenvalue weighted by Crippen LogP contribution is -2.16. The number of nitrogens with two attached hydrogens (primary N) is 1. The molecule has 1 aromatic heterocycles. The average Bonchev–Trinajstić information content (AvgIpc) is 2.55. The van der Waals surface area contributed by atoms with E-state index in [2.05, 4.69) is 10.4 Å². The first-order valence-electron chi connectivity index (χ1n) is 5.21. The number of sulfone groups is 1. The molecule has 3 N–H and O–H groups in total. The maximum atomic E-state index is 11.6. The van der Waals surface area contributed by atoms with Crippen molar-refractivity contribution in [1.82, 2.24) is 9.78 Å². The SMILES string of the molecule is CCOC(=O)Cn1nc(NC)c(S(C)(=O)=O)c1N. The number of carbonyl (C=O) groups is 1. The predicted octanol–water partition coefficient (Wildman–Crippen LogP) is -0.526. The Labute approximate surface area is 105 Å². The third-order valence-electron chi connectivity index (χ3n) is 2.14. The van der Waals surface area contributed by atoms with Crippen molar-refractivity contribution < 1.29 is 17.9 Å². The van der Waals surface area contributed by atoms with Crippen molar-refractivity contribution >= 4 is 27.4 Å². The highest BCUT2D eigenvalue weighted by atomic mass is 32.2. The molecule has 0 saturated heterocycles. The van der Waals surface area contributed by atoms with E-state index in [1.165, 1.54) is 7.05 Å². The first kappa shape index (κ1) is 14.3. The number of nitrogen functional groups attached to an aromatic ring is 1. The first-order valence-corrected chi connectivity index (χ1v) is 7.10. The number of nitrogens with one attached hydrogen (secondary N) is 1. The summed E-state index contributed by atoms with van der Waals surface area (Å²) in [6, 6.07) is 0. The lowest BCUT2D eigenvalue weighted by molar-refractivity contribution is -0.143. The third kappa shape index (κ3) is 2.92. The van der Waals surface area contributed by atoms with E-state index in [1.54, 1.807) is 6.92 Å². The van der Waals surface area contributed by atoms with Gasteiger partial charge in [0, 0.05) is 13.3 Å². The van der Waals surface area contributed by atoms with Gasteiger partial charge < -0.3 is 15.8 Å². The fraction of sp³-hybridized carbons (Fsp3) is 0.556. The molecule has 18 heavy (non-hydrogen) atoms. The van der Waals surface area contributed by atoms with Crippen LogP contribution in [0.1, 0.15) is 6.92 Å². The Bertz CT molecular complexity index is 549. The molecule has 1 heterocycles. The molecule has 0 unspecified atom stereocenters. The van der Waals surface area contributed by atoms with Gasteiger partial charge in [-0.3, -0.25) is 4.79 Å². The number of hydrogen-bond acceptors (Lipinski definition) is 7. The molecule has 0 aliphatic rings. The third-order valence-corrected chi connectivity index (χ3v) is 3.28. The van der Waals surface area contributed by atoms with Crippen LogP contribution in [0.3, 0.4) is 0 Å². The molecule has 0 aromatic carbocycles. The quantitative estimate of drug-likeness (QED) is 0.694. The van der Waals surface area contributed by atoms with Crippen LogP contribution in [-0.4, -0.2) is 44.1 Å². The zero-order valence-corrected chi connectivity index (χ0v) is 11.2. The Kier molecular flexibility index (Phi) is 4.17. The Morgan fingerprint density at radius 2 is 2.17 bits per heavy atom. The van der Waals surface area contributed by atoms with Crippen molar-refractivity contribution in [2.75, 3.05) is 31.0 Å². The maximum Gasteiger partial charge on any atom is 0.327 e. The number of carbonyl (C=O) groups excluding carboxylic acids is 1. The van der Waals surface area contributed by atoms with E-state index >= 15 is 0 Å². The number of nitrogens with zero attached hydrogens (tertiary/aromatic N) is 2. The normalized spacial score (nSPS) is 11.3. The molecule has 9 heteroatoms. The Morgan fingerprint density at radius 3 is 2.56 bits per heavy atom. The van der Waals surface area contributed by atoms with Gasteiger partial charge in [-0.25, -0.2) is 13.1 Å². The second-order valence-corrected chi connectivity index (χ2v) is 5.50. The van der Waals surface area contributed by atoms with Gasteiger partial charge in [-0.1, -0.05) is 0 Å². The van der Waals surface area contributed by atoms with Crippen LogP contribution in [0.4, 0.5) is 11.6 Å². The molecule has 0 spiro atoms. The van der Waals surface area contributed by atoms with Crippen molar-refractivity contribution in [3.8, 4) is 0 Å². The predicted molar refractivity (Wildman–Crippen MR) is 65.9 cm³/mol.